The van der Waals surface area contributed by atoms with Crippen molar-refractivity contribution in [1.29, 1.82) is 0 Å². The van der Waals surface area contributed by atoms with E-state index >= 15 is 0 Å². The molecule has 1 aliphatic rings. The highest BCUT2D eigenvalue weighted by atomic mass is 127. The van der Waals surface area contributed by atoms with Gasteiger partial charge in [0.1, 0.15) is 0 Å². The van der Waals surface area contributed by atoms with Crippen molar-refractivity contribution in [2.45, 2.75) is 79.2 Å². The molecule has 0 aliphatic carbocycles. The lowest BCUT2D eigenvalue weighted by Crippen LogP contribution is -2.47. The average Bonchev–Trinajstić information content (AvgIpc) is 2.66. The van der Waals surface area contributed by atoms with Gasteiger partial charge in [-0.05, 0) is 50.2 Å². The van der Waals surface area contributed by atoms with E-state index < -0.39 is 0 Å². The third kappa shape index (κ3) is 9.52. The summed E-state index contributed by atoms with van der Waals surface area (Å²) in [5.74, 6) is 1.33. The first-order chi connectivity index (χ1) is 13.6. The van der Waals surface area contributed by atoms with Crippen LogP contribution in [0.25, 0.3) is 0 Å². The molecule has 2 N–H and O–H groups in total. The van der Waals surface area contributed by atoms with Gasteiger partial charge in [-0.3, -0.25) is 4.99 Å². The van der Waals surface area contributed by atoms with Crippen LogP contribution < -0.4 is 10.6 Å². The molecular formula is C24H42IN3O2. The molecule has 2 unspecified atom stereocenters. The third-order valence-electron chi connectivity index (χ3n) is 5.18. The summed E-state index contributed by atoms with van der Waals surface area (Å²) >= 11 is 0. The Bertz CT molecular complexity index is 665. The SMILES string of the molecule is CN=C(NCc1cccc(COC(C)(C)C)c1)NCC1CCCOC1C(C)(C)C.I. The summed E-state index contributed by atoms with van der Waals surface area (Å²) in [6.07, 6.45) is 2.61. The number of aliphatic imine (C=N–C) groups is 1. The molecule has 172 valence electrons. The van der Waals surface area contributed by atoms with Crippen molar-refractivity contribution in [3.8, 4) is 0 Å². The monoisotopic (exact) mass is 531 g/mol. The number of guanidine groups is 1. The quantitative estimate of drug-likeness (QED) is 0.304. The molecule has 1 fully saturated rings. The van der Waals surface area contributed by atoms with Crippen molar-refractivity contribution < 1.29 is 9.47 Å². The zero-order valence-electron chi connectivity index (χ0n) is 19.9. The summed E-state index contributed by atoms with van der Waals surface area (Å²) in [5.41, 5.74) is 2.43. The average molecular weight is 532 g/mol. The summed E-state index contributed by atoms with van der Waals surface area (Å²) in [5, 5.41) is 6.94. The first kappa shape index (κ1) is 27.2. The number of halogens is 1. The fourth-order valence-electron chi connectivity index (χ4n) is 3.77. The van der Waals surface area contributed by atoms with E-state index in [-0.39, 0.29) is 41.1 Å². The van der Waals surface area contributed by atoms with E-state index in [9.17, 15) is 0 Å². The van der Waals surface area contributed by atoms with Crippen molar-refractivity contribution in [1.82, 2.24) is 10.6 Å². The lowest BCUT2D eigenvalue weighted by atomic mass is 9.78. The minimum Gasteiger partial charge on any atom is -0.377 e. The predicted octanol–water partition coefficient (Wildman–Crippen LogP) is 5.13. The van der Waals surface area contributed by atoms with E-state index in [1.165, 1.54) is 17.5 Å². The molecular weight excluding hydrogens is 489 g/mol. The topological polar surface area (TPSA) is 54.9 Å². The van der Waals surface area contributed by atoms with Crippen molar-refractivity contribution in [3.63, 3.8) is 0 Å². The maximum atomic E-state index is 6.10. The number of hydrogen-bond donors (Lipinski definition) is 2. The number of nitrogens with zero attached hydrogens (tertiary/aromatic N) is 1. The van der Waals surface area contributed by atoms with Crippen LogP contribution in [-0.4, -0.2) is 37.9 Å². The van der Waals surface area contributed by atoms with Gasteiger partial charge in [0, 0.05) is 32.7 Å². The zero-order chi connectivity index (χ0) is 21.5. The molecule has 1 heterocycles. The summed E-state index contributed by atoms with van der Waals surface area (Å²) in [6, 6.07) is 8.52. The number of rotatable bonds is 6. The second kappa shape index (κ2) is 12.2. The van der Waals surface area contributed by atoms with Crippen molar-refractivity contribution >= 4 is 29.9 Å². The summed E-state index contributed by atoms with van der Waals surface area (Å²) in [4.78, 5) is 4.39. The molecule has 1 saturated heterocycles. The Morgan fingerprint density at radius 1 is 1.13 bits per heavy atom. The van der Waals surface area contributed by atoms with Crippen LogP contribution >= 0.6 is 24.0 Å². The highest BCUT2D eigenvalue weighted by Crippen LogP contribution is 2.33. The summed E-state index contributed by atoms with van der Waals surface area (Å²) in [6.45, 7) is 16.1. The Kier molecular flexibility index (Phi) is 11.1. The first-order valence-corrected chi connectivity index (χ1v) is 10.9. The van der Waals surface area contributed by atoms with Crippen molar-refractivity contribution in [2.75, 3.05) is 20.2 Å². The smallest absolute Gasteiger partial charge is 0.191 e. The number of hydrogen-bond acceptors (Lipinski definition) is 3. The van der Waals surface area contributed by atoms with Gasteiger partial charge in [-0.15, -0.1) is 24.0 Å². The number of benzene rings is 1. The van der Waals surface area contributed by atoms with Gasteiger partial charge in [-0.2, -0.15) is 0 Å². The minimum atomic E-state index is -0.131. The van der Waals surface area contributed by atoms with Gasteiger partial charge < -0.3 is 20.1 Å². The molecule has 1 aromatic carbocycles. The van der Waals surface area contributed by atoms with Gasteiger partial charge in [-0.1, -0.05) is 45.0 Å². The fraction of sp³-hybridized carbons (Fsp3) is 0.708. The zero-order valence-corrected chi connectivity index (χ0v) is 22.2. The summed E-state index contributed by atoms with van der Waals surface area (Å²) < 4.78 is 12.0. The molecule has 6 heteroatoms. The lowest BCUT2D eigenvalue weighted by Gasteiger charge is -2.40. The molecule has 5 nitrogen and oxygen atoms in total. The number of nitrogens with one attached hydrogen (secondary N) is 2. The Morgan fingerprint density at radius 2 is 1.83 bits per heavy atom. The van der Waals surface area contributed by atoms with Crippen LogP contribution in [0.3, 0.4) is 0 Å². The normalized spacial score (nSPS) is 20.4. The second-order valence-electron chi connectivity index (χ2n) is 10.1. The van der Waals surface area contributed by atoms with E-state index in [4.69, 9.17) is 9.47 Å². The van der Waals surface area contributed by atoms with E-state index in [0.717, 1.165) is 32.1 Å². The van der Waals surface area contributed by atoms with Gasteiger partial charge in [0.2, 0.25) is 0 Å². The van der Waals surface area contributed by atoms with Crippen LogP contribution in [0.5, 0.6) is 0 Å². The lowest BCUT2D eigenvalue weighted by molar-refractivity contribution is -0.0835. The van der Waals surface area contributed by atoms with Gasteiger partial charge >= 0.3 is 0 Å². The fourth-order valence-corrected chi connectivity index (χ4v) is 3.77. The van der Waals surface area contributed by atoms with Crippen LogP contribution in [0, 0.1) is 11.3 Å². The Hall–Kier alpha value is -0.860. The van der Waals surface area contributed by atoms with Crippen molar-refractivity contribution in [2.24, 2.45) is 16.3 Å². The van der Waals surface area contributed by atoms with Crippen LogP contribution in [0.2, 0.25) is 0 Å². The molecule has 0 bridgehead atoms. The van der Waals surface area contributed by atoms with Crippen LogP contribution in [0.4, 0.5) is 0 Å². The molecule has 0 spiro atoms. The molecule has 0 saturated carbocycles. The molecule has 1 aromatic rings. The highest BCUT2D eigenvalue weighted by molar-refractivity contribution is 14.0. The maximum Gasteiger partial charge on any atom is 0.191 e. The molecule has 2 atom stereocenters. The van der Waals surface area contributed by atoms with E-state index in [0.29, 0.717) is 12.5 Å². The third-order valence-corrected chi connectivity index (χ3v) is 5.18. The van der Waals surface area contributed by atoms with Crippen LogP contribution in [0.15, 0.2) is 29.3 Å². The van der Waals surface area contributed by atoms with Crippen LogP contribution in [0.1, 0.15) is 65.5 Å². The van der Waals surface area contributed by atoms with Gasteiger partial charge in [0.15, 0.2) is 5.96 Å². The molecule has 1 aliphatic heterocycles. The first-order valence-electron chi connectivity index (χ1n) is 10.9. The van der Waals surface area contributed by atoms with Gasteiger partial charge in [0.05, 0.1) is 18.3 Å². The van der Waals surface area contributed by atoms with E-state index in [1.54, 1.807) is 0 Å². The summed E-state index contributed by atoms with van der Waals surface area (Å²) in [7, 11) is 1.82. The van der Waals surface area contributed by atoms with Gasteiger partial charge in [-0.25, -0.2) is 0 Å². The second-order valence-corrected chi connectivity index (χ2v) is 10.1. The maximum absolute atomic E-state index is 6.10. The molecule has 0 radical (unpaired) electrons. The molecule has 30 heavy (non-hydrogen) atoms. The van der Waals surface area contributed by atoms with Gasteiger partial charge in [0.25, 0.3) is 0 Å². The van der Waals surface area contributed by atoms with Crippen LogP contribution in [-0.2, 0) is 22.6 Å². The van der Waals surface area contributed by atoms with E-state index in [1.807, 2.05) is 7.05 Å². The minimum absolute atomic E-state index is 0. The predicted molar refractivity (Wildman–Crippen MR) is 137 cm³/mol. The Balaban J connectivity index is 0.00000450. The molecule has 0 aromatic heterocycles. The highest BCUT2D eigenvalue weighted by Gasteiger charge is 2.35. The Labute approximate surface area is 200 Å². The largest absolute Gasteiger partial charge is 0.377 e. The molecule has 2 rings (SSSR count). The molecule has 0 amide bonds. The standard InChI is InChI=1S/C24H41N3O2.HI/c1-23(2,3)21-20(12-9-13-28-21)16-27-22(25-7)26-15-18-10-8-11-19(14-18)17-29-24(4,5)6;/h8,10-11,14,20-21H,9,12-13,15-17H2,1-7H3,(H2,25,26,27);1H. The Morgan fingerprint density at radius 3 is 2.47 bits per heavy atom. The van der Waals surface area contributed by atoms with E-state index in [2.05, 4.69) is 81.4 Å². The van der Waals surface area contributed by atoms with Crippen molar-refractivity contribution in [3.05, 3.63) is 35.4 Å². The number of ether oxygens (including phenoxy) is 2.